The van der Waals surface area contributed by atoms with E-state index in [-0.39, 0.29) is 0 Å². The second-order valence-corrected chi connectivity index (χ2v) is 1.66. The van der Waals surface area contributed by atoms with Crippen LogP contribution >= 0.6 is 0 Å². The Morgan fingerprint density at radius 3 is 2.50 bits per heavy atom. The molecule has 0 amide bonds. The van der Waals surface area contributed by atoms with Crippen LogP contribution in [0.25, 0.3) is 0 Å². The zero-order chi connectivity index (χ0) is 4.57. The molecule has 1 unspecified atom stereocenters. The third-order valence-corrected chi connectivity index (χ3v) is 1.08. The van der Waals surface area contributed by atoms with Gasteiger partial charge in [-0.05, 0) is 6.42 Å². The van der Waals surface area contributed by atoms with Crippen LogP contribution in [-0.2, 0) is 0 Å². The number of nitrogens with two attached hydrogens (primary N) is 1. The van der Waals surface area contributed by atoms with Crippen LogP contribution in [-0.4, -0.2) is 12.3 Å². The molecule has 1 saturated carbocycles. The lowest BCUT2D eigenvalue weighted by molar-refractivity contribution is 0.887. The monoisotopic (exact) mass is 84.1 g/mol. The Bertz CT molecular complexity index is 77.6. The first-order valence-corrected chi connectivity index (χ1v) is 2.12. The minimum absolute atomic E-state index is 0.463. The summed E-state index contributed by atoms with van der Waals surface area (Å²) in [5, 5.41) is 6.89. The zero-order valence-corrected chi connectivity index (χ0v) is 3.57. The van der Waals surface area contributed by atoms with Crippen molar-refractivity contribution in [3.05, 3.63) is 0 Å². The van der Waals surface area contributed by atoms with Crippen molar-refractivity contribution in [3.8, 4) is 0 Å². The largest absolute Gasteiger partial charge is 0.330 e. The molecule has 2 heteroatoms. The highest BCUT2D eigenvalue weighted by Gasteiger charge is 2.27. The second-order valence-electron chi connectivity index (χ2n) is 1.66. The first-order valence-electron chi connectivity index (χ1n) is 2.12. The van der Waals surface area contributed by atoms with E-state index >= 15 is 0 Å². The van der Waals surface area contributed by atoms with Gasteiger partial charge in [0.15, 0.2) is 0 Å². The Morgan fingerprint density at radius 1 is 2.00 bits per heavy atom. The molecule has 0 spiro atoms. The molecule has 0 saturated heterocycles. The topological polar surface area (TPSA) is 49.9 Å². The van der Waals surface area contributed by atoms with E-state index in [0.717, 1.165) is 12.1 Å². The fourth-order valence-corrected chi connectivity index (χ4v) is 0.432. The van der Waals surface area contributed by atoms with Gasteiger partial charge in [-0.25, -0.2) is 0 Å². The lowest BCUT2D eigenvalue weighted by atomic mass is 10.4. The van der Waals surface area contributed by atoms with Crippen molar-refractivity contribution in [3.63, 3.8) is 0 Å². The van der Waals surface area contributed by atoms with Crippen LogP contribution in [0.15, 0.2) is 0 Å². The van der Waals surface area contributed by atoms with E-state index in [0.29, 0.717) is 12.5 Å². The van der Waals surface area contributed by atoms with Gasteiger partial charge >= 0.3 is 0 Å². The van der Waals surface area contributed by atoms with Crippen molar-refractivity contribution in [1.29, 1.82) is 5.41 Å². The van der Waals surface area contributed by atoms with Crippen LogP contribution in [0.5, 0.6) is 0 Å². The smallest absolute Gasteiger partial charge is 0.0143 e. The predicted octanol–water partition coefficient (Wildman–Crippen LogP) is -0.0152. The Morgan fingerprint density at radius 2 is 2.50 bits per heavy atom. The Hall–Kier alpha value is -0.370. The molecule has 0 aromatic rings. The summed E-state index contributed by atoms with van der Waals surface area (Å²) in [6.45, 7) is 0.679. The summed E-state index contributed by atoms with van der Waals surface area (Å²) in [6, 6.07) is 0. The maximum atomic E-state index is 6.89. The normalized spacial score (nSPS) is 30.8. The van der Waals surface area contributed by atoms with Crippen LogP contribution in [0.2, 0.25) is 0 Å². The van der Waals surface area contributed by atoms with Gasteiger partial charge in [0.25, 0.3) is 0 Å². The van der Waals surface area contributed by atoms with Crippen LogP contribution in [0.4, 0.5) is 0 Å². The van der Waals surface area contributed by atoms with E-state index in [2.05, 4.69) is 0 Å². The Kier molecular flexibility index (Phi) is 0.665. The van der Waals surface area contributed by atoms with Gasteiger partial charge in [-0.2, -0.15) is 0 Å². The Labute approximate surface area is 36.9 Å². The number of nitrogens with one attached hydrogen (secondary N) is 1. The molecular weight excluding hydrogens is 76.1 g/mol. The summed E-state index contributed by atoms with van der Waals surface area (Å²) < 4.78 is 0. The maximum absolute atomic E-state index is 6.89. The van der Waals surface area contributed by atoms with Crippen molar-refractivity contribution in [2.75, 3.05) is 6.54 Å². The van der Waals surface area contributed by atoms with Gasteiger partial charge in [0.05, 0.1) is 0 Å². The average Bonchev–Trinajstić information content (AvgIpc) is 2.19. The molecule has 2 nitrogen and oxygen atoms in total. The first kappa shape index (κ1) is 3.81. The highest BCUT2D eigenvalue weighted by Crippen LogP contribution is 2.21. The lowest BCUT2D eigenvalue weighted by Gasteiger charge is -1.74. The number of rotatable bonds is 1. The van der Waals surface area contributed by atoms with Crippen LogP contribution in [0.3, 0.4) is 0 Å². The summed E-state index contributed by atoms with van der Waals surface area (Å²) in [5.74, 6) is 0.463. The summed E-state index contributed by atoms with van der Waals surface area (Å²) >= 11 is 0. The molecule has 1 rings (SSSR count). The van der Waals surface area contributed by atoms with Gasteiger partial charge in [-0.3, -0.25) is 0 Å². The van der Waals surface area contributed by atoms with Crippen LogP contribution in [0.1, 0.15) is 6.42 Å². The minimum Gasteiger partial charge on any atom is -0.330 e. The minimum atomic E-state index is 0.463. The molecule has 1 aliphatic carbocycles. The standard InChI is InChI=1S/C4H8N2/c5-2-3-1-4(3)6/h3,6H,1-2,5H2. The maximum Gasteiger partial charge on any atom is 0.0143 e. The summed E-state index contributed by atoms with van der Waals surface area (Å²) in [6.07, 6.45) is 0.955. The van der Waals surface area contributed by atoms with Gasteiger partial charge < -0.3 is 11.1 Å². The predicted molar refractivity (Wildman–Crippen MR) is 24.9 cm³/mol. The van der Waals surface area contributed by atoms with Crippen molar-refractivity contribution in [1.82, 2.24) is 0 Å². The van der Waals surface area contributed by atoms with E-state index in [4.69, 9.17) is 11.1 Å². The van der Waals surface area contributed by atoms with E-state index < -0.39 is 0 Å². The fraction of sp³-hybridized carbons (Fsp3) is 0.750. The SMILES string of the molecule is N=C1CC1CN. The van der Waals surface area contributed by atoms with Gasteiger partial charge in [0.2, 0.25) is 0 Å². The lowest BCUT2D eigenvalue weighted by Crippen LogP contribution is -2.01. The molecule has 34 valence electrons. The fourth-order valence-electron chi connectivity index (χ4n) is 0.432. The molecule has 1 aliphatic rings. The molecular formula is C4H8N2. The average molecular weight is 84.1 g/mol. The molecule has 1 fully saturated rings. The summed E-state index contributed by atoms with van der Waals surface area (Å²) in [7, 11) is 0. The quantitative estimate of drug-likeness (QED) is 0.461. The van der Waals surface area contributed by atoms with Gasteiger partial charge in [0.1, 0.15) is 0 Å². The van der Waals surface area contributed by atoms with Crippen molar-refractivity contribution < 1.29 is 0 Å². The van der Waals surface area contributed by atoms with Crippen LogP contribution in [0, 0.1) is 11.3 Å². The highest BCUT2D eigenvalue weighted by molar-refractivity contribution is 5.98. The van der Waals surface area contributed by atoms with Crippen molar-refractivity contribution >= 4 is 5.71 Å². The third-order valence-electron chi connectivity index (χ3n) is 1.08. The van der Waals surface area contributed by atoms with E-state index in [1.165, 1.54) is 0 Å². The summed E-state index contributed by atoms with van der Waals surface area (Å²) in [4.78, 5) is 0. The summed E-state index contributed by atoms with van der Waals surface area (Å²) in [5.41, 5.74) is 6.01. The molecule has 0 aliphatic heterocycles. The second kappa shape index (κ2) is 1.05. The number of hydrogen-bond donors (Lipinski definition) is 2. The van der Waals surface area contributed by atoms with Gasteiger partial charge in [-0.15, -0.1) is 0 Å². The molecule has 0 aromatic heterocycles. The highest BCUT2D eigenvalue weighted by atomic mass is 14.6. The van der Waals surface area contributed by atoms with E-state index in [1.807, 2.05) is 0 Å². The van der Waals surface area contributed by atoms with E-state index in [9.17, 15) is 0 Å². The molecule has 1 atom stereocenters. The van der Waals surface area contributed by atoms with Gasteiger partial charge in [0, 0.05) is 18.2 Å². The van der Waals surface area contributed by atoms with Crippen molar-refractivity contribution in [2.24, 2.45) is 11.7 Å². The van der Waals surface area contributed by atoms with E-state index in [1.54, 1.807) is 0 Å². The molecule has 0 aromatic carbocycles. The first-order chi connectivity index (χ1) is 2.84. The molecule has 6 heavy (non-hydrogen) atoms. The third kappa shape index (κ3) is 0.431. The molecule has 0 bridgehead atoms. The van der Waals surface area contributed by atoms with Crippen molar-refractivity contribution in [2.45, 2.75) is 6.42 Å². The zero-order valence-electron chi connectivity index (χ0n) is 3.57. The molecule has 3 N–H and O–H groups in total. The van der Waals surface area contributed by atoms with Crippen LogP contribution < -0.4 is 5.73 Å². The molecule has 0 radical (unpaired) electrons. The Balaban J connectivity index is 2.26. The van der Waals surface area contributed by atoms with Gasteiger partial charge in [-0.1, -0.05) is 0 Å². The number of hydrogen-bond acceptors (Lipinski definition) is 2. The molecule has 0 heterocycles.